The molecule has 0 aliphatic carbocycles. The molecule has 292 valence electrons. The molecule has 0 amide bonds. The summed E-state index contributed by atoms with van der Waals surface area (Å²) in [5.74, 6) is 0.964. The number of hydrogen-bond acceptors (Lipinski definition) is 14. The Hall–Kier alpha value is -5.06. The van der Waals surface area contributed by atoms with Crippen molar-refractivity contribution in [2.24, 2.45) is 0 Å². The average Bonchev–Trinajstić information content (AvgIpc) is 3.13. The van der Waals surface area contributed by atoms with Crippen LogP contribution in [-0.4, -0.2) is 85.9 Å². The molecule has 16 nitrogen and oxygen atoms in total. The number of para-hydroxylation sites is 2. The Labute approximate surface area is 322 Å². The van der Waals surface area contributed by atoms with E-state index in [2.05, 4.69) is 40.0 Å². The van der Waals surface area contributed by atoms with Crippen molar-refractivity contribution in [3.8, 4) is 23.0 Å². The molecular weight excluding hydrogens is 791 g/mol. The molecule has 4 aromatic rings. The van der Waals surface area contributed by atoms with Crippen molar-refractivity contribution in [2.75, 3.05) is 39.1 Å². The van der Waals surface area contributed by atoms with E-state index in [4.69, 9.17) is 43.4 Å². The van der Waals surface area contributed by atoms with E-state index in [1.165, 1.54) is 42.3 Å². The summed E-state index contributed by atoms with van der Waals surface area (Å²) in [4.78, 5) is 15.1. The Kier molecular flexibility index (Phi) is 15.9. The Balaban J connectivity index is 0.000000290. The Bertz CT molecular complexity index is 1920. The number of aromatic nitrogens is 4. The topological polar surface area (TPSA) is 205 Å². The van der Waals surface area contributed by atoms with E-state index >= 15 is 0 Å². The molecular formula is C32H38F2N8O8S4. The third-order valence-electron chi connectivity index (χ3n) is 7.15. The lowest BCUT2D eigenvalue weighted by molar-refractivity contribution is 0.398. The molecule has 0 saturated carbocycles. The van der Waals surface area contributed by atoms with Gasteiger partial charge >= 0.3 is 0 Å². The van der Waals surface area contributed by atoms with Crippen LogP contribution in [0.1, 0.15) is 25.5 Å². The molecule has 0 aliphatic rings. The summed E-state index contributed by atoms with van der Waals surface area (Å²) in [6.45, 7) is 2.95. The predicted molar refractivity (Wildman–Crippen MR) is 206 cm³/mol. The van der Waals surface area contributed by atoms with E-state index < -0.39 is 42.2 Å². The standard InChI is InChI=1S/2C16H19FN4O4S2/c2*1-10(7-14-18-8-11(17)9-19-14)27(22,23)21-16(26)20-15-12(24-2)5-4-6-13(15)25-3/h2*4-6,8-10H,7H2,1-3H3,(H2,20,21,26)/t2*10-/m10/s1. The monoisotopic (exact) mass is 828 g/mol. The van der Waals surface area contributed by atoms with Crippen LogP contribution in [0.2, 0.25) is 0 Å². The lowest BCUT2D eigenvalue weighted by atomic mass is 10.2. The molecule has 2 atom stereocenters. The second-order valence-corrected chi connectivity index (χ2v) is 16.0. The van der Waals surface area contributed by atoms with Crippen LogP contribution in [-0.2, 0) is 32.9 Å². The molecule has 2 aromatic carbocycles. The highest BCUT2D eigenvalue weighted by atomic mass is 32.2. The van der Waals surface area contributed by atoms with Gasteiger partial charge in [0.2, 0.25) is 20.0 Å². The van der Waals surface area contributed by atoms with Crippen molar-refractivity contribution >= 4 is 66.1 Å². The van der Waals surface area contributed by atoms with Gasteiger partial charge in [-0.25, -0.2) is 45.6 Å². The van der Waals surface area contributed by atoms with Crippen LogP contribution in [0.15, 0.2) is 61.2 Å². The van der Waals surface area contributed by atoms with E-state index in [1.807, 2.05) is 0 Å². The number of nitrogens with zero attached hydrogens (tertiary/aromatic N) is 4. The first-order chi connectivity index (χ1) is 25.5. The number of rotatable bonds is 14. The van der Waals surface area contributed by atoms with Crippen LogP contribution in [0.4, 0.5) is 20.2 Å². The van der Waals surface area contributed by atoms with E-state index in [1.54, 1.807) is 36.4 Å². The van der Waals surface area contributed by atoms with E-state index in [9.17, 15) is 25.6 Å². The zero-order valence-electron chi connectivity index (χ0n) is 29.8. The Morgan fingerprint density at radius 1 is 0.611 bits per heavy atom. The van der Waals surface area contributed by atoms with Crippen molar-refractivity contribution in [1.29, 1.82) is 0 Å². The molecule has 0 fully saturated rings. The van der Waals surface area contributed by atoms with Gasteiger partial charge < -0.3 is 29.6 Å². The highest BCUT2D eigenvalue weighted by molar-refractivity contribution is 7.92. The number of hydrogen-bond donors (Lipinski definition) is 4. The molecule has 4 N–H and O–H groups in total. The molecule has 0 aliphatic heterocycles. The molecule has 0 bridgehead atoms. The lowest BCUT2D eigenvalue weighted by Crippen LogP contribution is -2.40. The van der Waals surface area contributed by atoms with Gasteiger partial charge in [0, 0.05) is 12.8 Å². The minimum atomic E-state index is -3.84. The van der Waals surface area contributed by atoms with E-state index in [0.29, 0.717) is 34.4 Å². The van der Waals surface area contributed by atoms with Crippen LogP contribution in [0, 0.1) is 11.6 Å². The summed E-state index contributed by atoms with van der Waals surface area (Å²) in [6, 6.07) is 10.2. The smallest absolute Gasteiger partial charge is 0.237 e. The van der Waals surface area contributed by atoms with Crippen molar-refractivity contribution in [2.45, 2.75) is 37.2 Å². The van der Waals surface area contributed by atoms with Crippen LogP contribution >= 0.6 is 24.4 Å². The number of nitrogens with one attached hydrogen (secondary N) is 4. The second kappa shape index (κ2) is 19.9. The van der Waals surface area contributed by atoms with Crippen molar-refractivity contribution in [3.63, 3.8) is 0 Å². The number of anilines is 2. The van der Waals surface area contributed by atoms with Gasteiger partial charge in [-0.05, 0) is 62.5 Å². The quantitative estimate of drug-likeness (QED) is 0.134. The first kappa shape index (κ1) is 43.3. The van der Waals surface area contributed by atoms with Gasteiger partial charge in [-0.1, -0.05) is 12.1 Å². The number of thiocarbonyl (C=S) groups is 2. The number of benzene rings is 2. The SMILES string of the molecule is COc1cccc(OC)c1NC(=S)NS(=O)(=O)[C@@H](C)Cc1ncc(F)cn1.COc1cccc(OC)c1NC(=S)NS(=O)(=O)[C@H](C)Cc1ncc(F)cn1. The largest absolute Gasteiger partial charge is 0.494 e. The van der Waals surface area contributed by atoms with Gasteiger partial charge in [-0.3, -0.25) is 9.44 Å². The van der Waals surface area contributed by atoms with Gasteiger partial charge in [0.1, 0.15) is 46.0 Å². The molecule has 54 heavy (non-hydrogen) atoms. The average molecular weight is 829 g/mol. The number of sulfonamides is 2. The number of methoxy groups -OCH3 is 4. The van der Waals surface area contributed by atoms with Gasteiger partial charge in [0.15, 0.2) is 21.9 Å². The third-order valence-corrected chi connectivity index (χ3v) is 11.2. The fraction of sp³-hybridized carbons (Fsp3) is 0.312. The zero-order valence-corrected chi connectivity index (χ0v) is 33.1. The molecule has 0 unspecified atom stereocenters. The predicted octanol–water partition coefficient (Wildman–Crippen LogP) is 3.76. The fourth-order valence-corrected chi connectivity index (χ4v) is 6.97. The van der Waals surface area contributed by atoms with Gasteiger partial charge in [-0.2, -0.15) is 0 Å². The van der Waals surface area contributed by atoms with Crippen molar-refractivity contribution in [3.05, 3.63) is 84.5 Å². The van der Waals surface area contributed by atoms with Gasteiger partial charge in [0.05, 0.1) is 63.7 Å². The van der Waals surface area contributed by atoms with Crippen molar-refractivity contribution in [1.82, 2.24) is 29.4 Å². The fourth-order valence-electron chi connectivity index (χ4n) is 4.31. The van der Waals surface area contributed by atoms with E-state index in [-0.39, 0.29) is 34.7 Å². The molecule has 0 radical (unpaired) electrons. The van der Waals surface area contributed by atoms with Crippen LogP contribution in [0.5, 0.6) is 23.0 Å². The highest BCUT2D eigenvalue weighted by Gasteiger charge is 2.25. The molecule has 0 saturated heterocycles. The summed E-state index contributed by atoms with van der Waals surface area (Å²) in [5, 5.41) is 3.45. The zero-order chi connectivity index (χ0) is 40.1. The number of halogens is 2. The third kappa shape index (κ3) is 12.5. The van der Waals surface area contributed by atoms with E-state index in [0.717, 1.165) is 24.8 Å². The summed E-state index contributed by atoms with van der Waals surface area (Å²) in [6.07, 6.45) is 3.92. The maximum Gasteiger partial charge on any atom is 0.237 e. The normalized spacial score (nSPS) is 12.1. The minimum absolute atomic E-state index is 0.00376. The Morgan fingerprint density at radius 3 is 1.15 bits per heavy atom. The van der Waals surface area contributed by atoms with Crippen LogP contribution < -0.4 is 39.0 Å². The molecule has 4 rings (SSSR count). The first-order valence-electron chi connectivity index (χ1n) is 15.5. The summed E-state index contributed by atoms with van der Waals surface area (Å²) < 4.78 is 101. The van der Waals surface area contributed by atoms with Crippen molar-refractivity contribution < 1.29 is 44.6 Å². The molecule has 22 heteroatoms. The molecule has 2 aromatic heterocycles. The highest BCUT2D eigenvalue weighted by Crippen LogP contribution is 2.35. The molecule has 2 heterocycles. The second-order valence-electron chi connectivity index (χ2n) is 10.9. The first-order valence-corrected chi connectivity index (χ1v) is 19.4. The van der Waals surface area contributed by atoms with Crippen LogP contribution in [0.25, 0.3) is 0 Å². The van der Waals surface area contributed by atoms with Gasteiger partial charge in [-0.15, -0.1) is 0 Å². The van der Waals surface area contributed by atoms with Crippen LogP contribution in [0.3, 0.4) is 0 Å². The summed E-state index contributed by atoms with van der Waals surface area (Å²) in [5.41, 5.74) is 0.787. The summed E-state index contributed by atoms with van der Waals surface area (Å²) in [7, 11) is -1.79. The molecule has 0 spiro atoms. The number of ether oxygens (including phenoxy) is 4. The summed E-state index contributed by atoms with van der Waals surface area (Å²) >= 11 is 10.2. The van der Waals surface area contributed by atoms with Gasteiger partial charge in [0.25, 0.3) is 0 Å². The Morgan fingerprint density at radius 2 is 0.889 bits per heavy atom. The minimum Gasteiger partial charge on any atom is -0.494 e. The maximum absolute atomic E-state index is 12.9. The maximum atomic E-state index is 12.9. The lowest BCUT2D eigenvalue weighted by Gasteiger charge is -2.18.